The first-order chi connectivity index (χ1) is 10.0. The number of urea groups is 1. The van der Waals surface area contributed by atoms with Gasteiger partial charge in [0.15, 0.2) is 0 Å². The van der Waals surface area contributed by atoms with Gasteiger partial charge in [0.2, 0.25) is 0 Å². The van der Waals surface area contributed by atoms with E-state index < -0.39 is 17.8 Å². The van der Waals surface area contributed by atoms with Crippen molar-refractivity contribution >= 4 is 17.6 Å². The second-order valence-corrected chi connectivity index (χ2v) is 4.48. The summed E-state index contributed by atoms with van der Waals surface area (Å²) >= 11 is 0. The fourth-order valence-electron chi connectivity index (χ4n) is 1.74. The lowest BCUT2D eigenvalue weighted by atomic mass is 10.2. The predicted octanol–water partition coefficient (Wildman–Crippen LogP) is 2.55. The van der Waals surface area contributed by atoms with Gasteiger partial charge in [0.25, 0.3) is 5.91 Å². The van der Waals surface area contributed by atoms with Crippen LogP contribution in [0.1, 0.15) is 10.5 Å². The molecule has 0 atom stereocenters. The normalized spacial score (nSPS) is 10.0. The fourth-order valence-corrected chi connectivity index (χ4v) is 1.74. The van der Waals surface area contributed by atoms with Gasteiger partial charge in [-0.25, -0.2) is 14.1 Å². The average Bonchev–Trinajstić information content (AvgIpc) is 2.50. The molecule has 0 radical (unpaired) electrons. The maximum Gasteiger partial charge on any atom is 0.331 e. The van der Waals surface area contributed by atoms with Gasteiger partial charge in [-0.3, -0.25) is 9.78 Å². The second-order valence-electron chi connectivity index (χ2n) is 4.48. The molecular formula is C15H14FN3O2. The highest BCUT2D eigenvalue weighted by atomic mass is 19.1. The highest BCUT2D eigenvalue weighted by Gasteiger charge is 2.28. The molecule has 0 unspecified atom stereocenters. The minimum atomic E-state index is -0.681. The van der Waals surface area contributed by atoms with E-state index in [0.717, 1.165) is 4.90 Å². The first-order valence-electron chi connectivity index (χ1n) is 6.23. The van der Waals surface area contributed by atoms with Gasteiger partial charge in [-0.1, -0.05) is 18.2 Å². The Morgan fingerprint density at radius 3 is 2.29 bits per heavy atom. The van der Waals surface area contributed by atoms with Crippen LogP contribution < -0.4 is 4.90 Å². The Labute approximate surface area is 121 Å². The van der Waals surface area contributed by atoms with Crippen LogP contribution in [0.15, 0.2) is 48.7 Å². The number of halogens is 1. The van der Waals surface area contributed by atoms with Crippen molar-refractivity contribution in [2.45, 2.75) is 0 Å². The van der Waals surface area contributed by atoms with Crippen LogP contribution in [-0.4, -0.2) is 35.9 Å². The Kier molecular flexibility index (Phi) is 4.27. The number of imide groups is 1. The molecule has 2 rings (SSSR count). The van der Waals surface area contributed by atoms with Crippen molar-refractivity contribution in [2.75, 3.05) is 19.0 Å². The molecule has 1 aromatic carbocycles. The maximum absolute atomic E-state index is 14.0. The minimum Gasteiger partial charge on any atom is -0.330 e. The summed E-state index contributed by atoms with van der Waals surface area (Å²) in [4.78, 5) is 30.6. The number of carbonyl (C=O) groups is 2. The smallest absolute Gasteiger partial charge is 0.330 e. The number of carbonyl (C=O) groups excluding carboxylic acids is 2. The minimum absolute atomic E-state index is 0.0657. The van der Waals surface area contributed by atoms with Crippen molar-refractivity contribution in [2.24, 2.45) is 0 Å². The standard InChI is InChI=1S/C15H14FN3O2/c1-18(2)15(21)19(13-9-4-3-7-11(13)16)14(20)12-8-5-6-10-17-12/h3-10H,1-2H3. The lowest BCUT2D eigenvalue weighted by molar-refractivity contribution is 0.0983. The van der Waals surface area contributed by atoms with Crippen LogP contribution in [0.25, 0.3) is 0 Å². The highest BCUT2D eigenvalue weighted by Crippen LogP contribution is 2.21. The number of para-hydroxylation sites is 1. The summed E-state index contributed by atoms with van der Waals surface area (Å²) in [7, 11) is 2.98. The van der Waals surface area contributed by atoms with Crippen LogP contribution in [0, 0.1) is 5.82 Å². The number of anilines is 1. The summed E-state index contributed by atoms with van der Waals surface area (Å²) in [5.74, 6) is -1.34. The molecule has 5 nitrogen and oxygen atoms in total. The van der Waals surface area contributed by atoms with Crippen LogP contribution in [0.3, 0.4) is 0 Å². The molecule has 0 bridgehead atoms. The molecule has 0 aliphatic carbocycles. The molecule has 0 aliphatic rings. The van der Waals surface area contributed by atoms with Gasteiger partial charge in [0.1, 0.15) is 11.5 Å². The SMILES string of the molecule is CN(C)C(=O)N(C(=O)c1ccccn1)c1ccccc1F. The van der Waals surface area contributed by atoms with E-state index in [9.17, 15) is 14.0 Å². The van der Waals surface area contributed by atoms with E-state index in [1.807, 2.05) is 0 Å². The molecule has 3 amide bonds. The van der Waals surface area contributed by atoms with E-state index >= 15 is 0 Å². The summed E-state index contributed by atoms with van der Waals surface area (Å²) in [5.41, 5.74) is -0.0391. The van der Waals surface area contributed by atoms with Gasteiger partial charge >= 0.3 is 6.03 Å². The second kappa shape index (κ2) is 6.13. The van der Waals surface area contributed by atoms with Gasteiger partial charge in [-0.05, 0) is 24.3 Å². The molecular weight excluding hydrogens is 273 g/mol. The van der Waals surface area contributed by atoms with E-state index in [0.29, 0.717) is 0 Å². The summed E-state index contributed by atoms with van der Waals surface area (Å²) in [6.45, 7) is 0. The summed E-state index contributed by atoms with van der Waals surface area (Å²) < 4.78 is 14.0. The third-order valence-electron chi connectivity index (χ3n) is 2.75. The number of pyridine rings is 1. The Balaban J connectivity index is 2.50. The van der Waals surface area contributed by atoms with Crippen molar-refractivity contribution in [3.63, 3.8) is 0 Å². The lowest BCUT2D eigenvalue weighted by Gasteiger charge is -2.24. The van der Waals surface area contributed by atoms with Gasteiger partial charge in [0, 0.05) is 20.3 Å². The third-order valence-corrected chi connectivity index (χ3v) is 2.75. The largest absolute Gasteiger partial charge is 0.331 e. The molecule has 0 spiro atoms. The van der Waals surface area contributed by atoms with Crippen LogP contribution in [0.2, 0.25) is 0 Å². The Bertz CT molecular complexity index is 659. The zero-order valence-electron chi connectivity index (χ0n) is 11.7. The third kappa shape index (κ3) is 3.05. The van der Waals surface area contributed by atoms with Crippen molar-refractivity contribution in [3.8, 4) is 0 Å². The molecule has 21 heavy (non-hydrogen) atoms. The highest BCUT2D eigenvalue weighted by molar-refractivity contribution is 6.19. The topological polar surface area (TPSA) is 53.5 Å². The first kappa shape index (κ1) is 14.6. The fraction of sp³-hybridized carbons (Fsp3) is 0.133. The Hall–Kier alpha value is -2.76. The molecule has 1 aromatic heterocycles. The molecule has 108 valence electrons. The molecule has 0 N–H and O–H groups in total. The predicted molar refractivity (Wildman–Crippen MR) is 76.5 cm³/mol. The summed E-state index contributed by atoms with van der Waals surface area (Å²) in [6.07, 6.45) is 1.44. The summed E-state index contributed by atoms with van der Waals surface area (Å²) in [6, 6.07) is 9.71. The van der Waals surface area contributed by atoms with Gasteiger partial charge in [0.05, 0.1) is 5.69 Å². The van der Waals surface area contributed by atoms with Crippen LogP contribution in [-0.2, 0) is 0 Å². The number of hydrogen-bond donors (Lipinski definition) is 0. The van der Waals surface area contributed by atoms with Crippen molar-refractivity contribution in [3.05, 3.63) is 60.2 Å². The first-order valence-corrected chi connectivity index (χ1v) is 6.23. The molecule has 0 aliphatic heterocycles. The lowest BCUT2D eigenvalue weighted by Crippen LogP contribution is -2.44. The van der Waals surface area contributed by atoms with E-state index in [2.05, 4.69) is 4.98 Å². The van der Waals surface area contributed by atoms with E-state index in [-0.39, 0.29) is 11.4 Å². The number of benzene rings is 1. The van der Waals surface area contributed by atoms with Crippen molar-refractivity contribution < 1.29 is 14.0 Å². The molecule has 2 aromatic rings. The average molecular weight is 287 g/mol. The summed E-state index contributed by atoms with van der Waals surface area (Å²) in [5, 5.41) is 0. The zero-order chi connectivity index (χ0) is 15.4. The van der Waals surface area contributed by atoms with E-state index in [1.54, 1.807) is 18.2 Å². The Morgan fingerprint density at radius 1 is 1.05 bits per heavy atom. The van der Waals surface area contributed by atoms with Gasteiger partial charge < -0.3 is 4.90 Å². The number of aromatic nitrogens is 1. The number of hydrogen-bond acceptors (Lipinski definition) is 3. The number of rotatable bonds is 2. The molecule has 0 saturated heterocycles. The van der Waals surface area contributed by atoms with E-state index in [4.69, 9.17) is 0 Å². The maximum atomic E-state index is 14.0. The van der Waals surface area contributed by atoms with Crippen molar-refractivity contribution in [1.82, 2.24) is 9.88 Å². The van der Waals surface area contributed by atoms with Gasteiger partial charge in [-0.15, -0.1) is 0 Å². The van der Waals surface area contributed by atoms with E-state index in [1.165, 1.54) is 49.5 Å². The quantitative estimate of drug-likeness (QED) is 0.853. The molecule has 1 heterocycles. The molecule has 6 heteroatoms. The Morgan fingerprint density at radius 2 is 1.71 bits per heavy atom. The number of nitrogens with zero attached hydrogens (tertiary/aromatic N) is 3. The molecule has 0 saturated carbocycles. The van der Waals surface area contributed by atoms with Crippen LogP contribution in [0.5, 0.6) is 0 Å². The monoisotopic (exact) mass is 287 g/mol. The van der Waals surface area contributed by atoms with Crippen LogP contribution >= 0.6 is 0 Å². The van der Waals surface area contributed by atoms with Crippen molar-refractivity contribution in [1.29, 1.82) is 0 Å². The van der Waals surface area contributed by atoms with Crippen LogP contribution in [0.4, 0.5) is 14.9 Å². The van der Waals surface area contributed by atoms with Gasteiger partial charge in [-0.2, -0.15) is 0 Å². The number of amides is 3. The molecule has 0 fully saturated rings. The zero-order valence-corrected chi connectivity index (χ0v) is 11.7.